The summed E-state index contributed by atoms with van der Waals surface area (Å²) in [5, 5.41) is 8.92. The molecule has 0 bridgehead atoms. The minimum atomic E-state index is -0.416. The number of hydrogen-bond donors (Lipinski definition) is 1. The van der Waals surface area contributed by atoms with Crippen molar-refractivity contribution >= 4 is 16.9 Å². The summed E-state index contributed by atoms with van der Waals surface area (Å²) in [6, 6.07) is 0. The zero-order valence-electron chi connectivity index (χ0n) is 12.2. The summed E-state index contributed by atoms with van der Waals surface area (Å²) in [4.78, 5) is 29.3. The lowest BCUT2D eigenvalue weighted by Gasteiger charge is -2.06. The molecule has 0 aliphatic carbocycles. The SMILES string of the molecule is Cc1cn2c3c(=O)n(CCCO)c(=O)n(C)c3nc2n1C. The fourth-order valence-electron chi connectivity index (χ4n) is 2.54. The first kappa shape index (κ1) is 13.6. The van der Waals surface area contributed by atoms with Crippen LogP contribution in [0.5, 0.6) is 0 Å². The van der Waals surface area contributed by atoms with E-state index in [2.05, 4.69) is 4.98 Å². The molecule has 1 N–H and O–H groups in total. The largest absolute Gasteiger partial charge is 0.396 e. The van der Waals surface area contributed by atoms with Crippen LogP contribution in [0.15, 0.2) is 15.8 Å². The van der Waals surface area contributed by atoms with Gasteiger partial charge in [-0.25, -0.2) is 4.79 Å². The first-order chi connectivity index (χ1) is 9.97. The molecule has 3 heterocycles. The number of aryl methyl sites for hydroxylation is 3. The van der Waals surface area contributed by atoms with Crippen molar-refractivity contribution < 1.29 is 5.11 Å². The molecule has 0 saturated carbocycles. The highest BCUT2D eigenvalue weighted by atomic mass is 16.3. The number of aliphatic hydroxyl groups excluding tert-OH is 1. The van der Waals surface area contributed by atoms with Crippen molar-refractivity contribution in [1.29, 1.82) is 0 Å². The highest BCUT2D eigenvalue weighted by Gasteiger charge is 2.18. The number of aliphatic hydroxyl groups is 1. The molecule has 0 spiro atoms. The minimum Gasteiger partial charge on any atom is -0.396 e. The van der Waals surface area contributed by atoms with Crippen LogP contribution >= 0.6 is 0 Å². The Bertz CT molecular complexity index is 956. The molecule has 0 atom stereocenters. The molecular formula is C13H17N5O3. The van der Waals surface area contributed by atoms with Gasteiger partial charge in [0.2, 0.25) is 5.78 Å². The summed E-state index contributed by atoms with van der Waals surface area (Å²) < 4.78 is 6.09. The standard InChI is InChI=1S/C13H17N5O3/c1-8-7-18-9-10(14-12(18)15(8)2)16(3)13(21)17(11(9)20)5-4-6-19/h7,19H,4-6H2,1-3H3. The highest BCUT2D eigenvalue weighted by Crippen LogP contribution is 2.14. The van der Waals surface area contributed by atoms with Gasteiger partial charge in [0.1, 0.15) is 0 Å². The number of fused-ring (bicyclic) bond motifs is 3. The molecule has 0 unspecified atom stereocenters. The Hall–Kier alpha value is -2.35. The van der Waals surface area contributed by atoms with Crippen molar-refractivity contribution in [2.45, 2.75) is 19.9 Å². The Morgan fingerprint density at radius 2 is 1.95 bits per heavy atom. The van der Waals surface area contributed by atoms with Crippen LogP contribution in [0.4, 0.5) is 0 Å². The van der Waals surface area contributed by atoms with E-state index in [1.807, 2.05) is 24.7 Å². The van der Waals surface area contributed by atoms with Crippen molar-refractivity contribution in [2.24, 2.45) is 14.1 Å². The Morgan fingerprint density at radius 3 is 2.62 bits per heavy atom. The molecule has 0 aliphatic heterocycles. The summed E-state index contributed by atoms with van der Waals surface area (Å²) in [6.07, 6.45) is 2.18. The van der Waals surface area contributed by atoms with Crippen LogP contribution < -0.4 is 11.2 Å². The van der Waals surface area contributed by atoms with Crippen LogP contribution in [-0.2, 0) is 20.6 Å². The van der Waals surface area contributed by atoms with E-state index in [9.17, 15) is 9.59 Å². The second-order valence-corrected chi connectivity index (χ2v) is 5.16. The van der Waals surface area contributed by atoms with Gasteiger partial charge < -0.3 is 9.67 Å². The molecule has 0 saturated heterocycles. The summed E-state index contributed by atoms with van der Waals surface area (Å²) in [7, 11) is 3.46. The molecule has 0 aromatic carbocycles. The minimum absolute atomic E-state index is 0.0696. The van der Waals surface area contributed by atoms with E-state index in [-0.39, 0.29) is 18.7 Å². The molecule has 0 aliphatic rings. The predicted molar refractivity (Wildman–Crippen MR) is 77.6 cm³/mol. The molecular weight excluding hydrogens is 274 g/mol. The summed E-state index contributed by atoms with van der Waals surface area (Å²) in [5.41, 5.74) is 0.930. The average Bonchev–Trinajstić information content (AvgIpc) is 2.95. The molecule has 3 rings (SSSR count). The van der Waals surface area contributed by atoms with Crippen molar-refractivity contribution in [1.82, 2.24) is 23.1 Å². The van der Waals surface area contributed by atoms with Gasteiger partial charge in [-0.3, -0.25) is 18.3 Å². The van der Waals surface area contributed by atoms with Gasteiger partial charge in [-0.15, -0.1) is 0 Å². The zero-order valence-corrected chi connectivity index (χ0v) is 12.2. The first-order valence-electron chi connectivity index (χ1n) is 6.72. The summed E-state index contributed by atoms with van der Waals surface area (Å²) in [6.45, 7) is 2.05. The molecule has 3 aromatic rings. The van der Waals surface area contributed by atoms with Gasteiger partial charge in [0, 0.05) is 39.1 Å². The third-order valence-electron chi connectivity index (χ3n) is 3.84. The maximum Gasteiger partial charge on any atom is 0.332 e. The van der Waals surface area contributed by atoms with E-state index in [0.29, 0.717) is 23.4 Å². The van der Waals surface area contributed by atoms with Crippen molar-refractivity contribution in [3.63, 3.8) is 0 Å². The van der Waals surface area contributed by atoms with Crippen LogP contribution in [0, 0.1) is 6.92 Å². The second kappa shape index (κ2) is 4.59. The number of rotatable bonds is 3. The Labute approximate surface area is 119 Å². The van der Waals surface area contributed by atoms with Gasteiger partial charge in [0.05, 0.1) is 0 Å². The maximum atomic E-state index is 12.6. The first-order valence-corrected chi connectivity index (χ1v) is 6.72. The summed E-state index contributed by atoms with van der Waals surface area (Å²) >= 11 is 0. The van der Waals surface area contributed by atoms with Gasteiger partial charge in [0.15, 0.2) is 11.2 Å². The van der Waals surface area contributed by atoms with Gasteiger partial charge in [-0.2, -0.15) is 4.98 Å². The Kier molecular flexibility index (Phi) is 2.98. The van der Waals surface area contributed by atoms with E-state index < -0.39 is 5.69 Å². The molecule has 21 heavy (non-hydrogen) atoms. The van der Waals surface area contributed by atoms with E-state index in [1.165, 1.54) is 4.57 Å². The van der Waals surface area contributed by atoms with Crippen molar-refractivity contribution in [3.8, 4) is 0 Å². The quantitative estimate of drug-likeness (QED) is 0.696. The monoisotopic (exact) mass is 291 g/mol. The molecule has 0 fully saturated rings. The maximum absolute atomic E-state index is 12.6. The average molecular weight is 291 g/mol. The predicted octanol–water partition coefficient (Wildman–Crippen LogP) is -0.623. The fraction of sp³-hybridized carbons (Fsp3) is 0.462. The lowest BCUT2D eigenvalue weighted by Crippen LogP contribution is -2.39. The van der Waals surface area contributed by atoms with Crippen LogP contribution in [0.3, 0.4) is 0 Å². The lowest BCUT2D eigenvalue weighted by atomic mass is 10.4. The molecule has 8 nitrogen and oxygen atoms in total. The van der Waals surface area contributed by atoms with Crippen LogP contribution in [-0.4, -0.2) is 34.8 Å². The van der Waals surface area contributed by atoms with Gasteiger partial charge >= 0.3 is 5.69 Å². The van der Waals surface area contributed by atoms with Gasteiger partial charge in [-0.05, 0) is 13.3 Å². The van der Waals surface area contributed by atoms with Gasteiger partial charge in [0.25, 0.3) is 5.56 Å². The van der Waals surface area contributed by atoms with Crippen LogP contribution in [0.25, 0.3) is 16.9 Å². The van der Waals surface area contributed by atoms with E-state index >= 15 is 0 Å². The molecule has 112 valence electrons. The zero-order chi connectivity index (χ0) is 15.3. The smallest absolute Gasteiger partial charge is 0.332 e. The van der Waals surface area contributed by atoms with Crippen molar-refractivity contribution in [2.75, 3.05) is 6.61 Å². The number of aromatic nitrogens is 5. The highest BCUT2D eigenvalue weighted by molar-refractivity contribution is 5.75. The lowest BCUT2D eigenvalue weighted by molar-refractivity contribution is 0.277. The third kappa shape index (κ3) is 1.75. The van der Waals surface area contributed by atoms with Crippen LogP contribution in [0.2, 0.25) is 0 Å². The molecule has 3 aromatic heterocycles. The third-order valence-corrected chi connectivity index (χ3v) is 3.84. The van der Waals surface area contributed by atoms with E-state index in [1.54, 1.807) is 11.4 Å². The van der Waals surface area contributed by atoms with E-state index in [0.717, 1.165) is 10.3 Å². The summed E-state index contributed by atoms with van der Waals surface area (Å²) in [5.74, 6) is 0.620. The molecule has 0 amide bonds. The fourth-order valence-corrected chi connectivity index (χ4v) is 2.54. The molecule has 8 heteroatoms. The Balaban J connectivity index is 2.47. The Morgan fingerprint density at radius 1 is 1.24 bits per heavy atom. The number of imidazole rings is 2. The second-order valence-electron chi connectivity index (χ2n) is 5.16. The normalized spacial score (nSPS) is 11.8. The number of nitrogens with zero attached hydrogens (tertiary/aromatic N) is 5. The van der Waals surface area contributed by atoms with Crippen LogP contribution in [0.1, 0.15) is 12.1 Å². The topological polar surface area (TPSA) is 86.5 Å². The van der Waals surface area contributed by atoms with E-state index in [4.69, 9.17) is 5.11 Å². The molecule has 0 radical (unpaired) electrons. The van der Waals surface area contributed by atoms with Crippen molar-refractivity contribution in [3.05, 3.63) is 32.7 Å². The van der Waals surface area contributed by atoms with Gasteiger partial charge in [-0.1, -0.05) is 0 Å². The number of hydrogen-bond acceptors (Lipinski definition) is 4.